The molecule has 0 fully saturated rings. The van der Waals surface area contributed by atoms with Crippen molar-refractivity contribution < 1.29 is 18.7 Å². The van der Waals surface area contributed by atoms with Crippen LogP contribution in [0, 0.1) is 5.82 Å². The Morgan fingerprint density at radius 2 is 1.83 bits per heavy atom. The van der Waals surface area contributed by atoms with Crippen molar-refractivity contribution in [2.24, 2.45) is 0 Å². The Bertz CT molecular complexity index is 483. The summed E-state index contributed by atoms with van der Waals surface area (Å²) in [5.41, 5.74) is 0.609. The Morgan fingerprint density at radius 3 is 2.28 bits per heavy atom. The highest BCUT2D eigenvalue weighted by Crippen LogP contribution is 2.26. The van der Waals surface area contributed by atoms with Gasteiger partial charge in [-0.15, -0.1) is 0 Å². The highest BCUT2D eigenvalue weighted by Gasteiger charge is 2.21. The predicted octanol–water partition coefficient (Wildman–Crippen LogP) is 2.27. The van der Waals surface area contributed by atoms with Gasteiger partial charge >= 0.3 is 5.97 Å². The number of Topliss-reactive ketones (excluding diaryl/α,β-unsaturated/α-hetero) is 1. The lowest BCUT2D eigenvalue weighted by Gasteiger charge is -2.19. The third-order valence-electron chi connectivity index (χ3n) is 2.40. The number of hydrogen-bond donors (Lipinski definition) is 0. The van der Waals surface area contributed by atoms with Gasteiger partial charge in [0, 0.05) is 19.7 Å². The van der Waals surface area contributed by atoms with Crippen LogP contribution in [0.15, 0.2) is 12.1 Å². The lowest BCUT2D eigenvalue weighted by Crippen LogP contribution is -2.19. The van der Waals surface area contributed by atoms with E-state index < -0.39 is 11.8 Å². The smallest absolute Gasteiger partial charge is 0.340 e. The molecule has 0 unspecified atom stereocenters. The molecule has 0 aliphatic heterocycles. The zero-order valence-electron chi connectivity index (χ0n) is 10.9. The van der Waals surface area contributed by atoms with E-state index in [1.165, 1.54) is 6.92 Å². The molecule has 0 aliphatic rings. The quantitative estimate of drug-likeness (QED) is 0.610. The Kier molecular flexibility index (Phi) is 4.42. The number of benzene rings is 1. The van der Waals surface area contributed by atoms with Gasteiger partial charge < -0.3 is 9.64 Å². The summed E-state index contributed by atoms with van der Waals surface area (Å²) in [5, 5.41) is 0. The van der Waals surface area contributed by atoms with E-state index in [0.29, 0.717) is 5.69 Å². The number of nitrogens with zero attached hydrogens (tertiary/aromatic N) is 1. The Balaban J connectivity index is 3.48. The van der Waals surface area contributed by atoms with Crippen LogP contribution in [0.3, 0.4) is 0 Å². The molecule has 0 radical (unpaired) electrons. The molecule has 0 heterocycles. The molecule has 1 aromatic carbocycles. The molecular formula is C13H16FNO3. The SMILES string of the molecule is CCOC(=O)c1cc(F)cc(C(C)=O)c1N(C)C. The first-order valence-corrected chi connectivity index (χ1v) is 5.57. The molecule has 1 aromatic rings. The molecule has 0 aromatic heterocycles. The lowest BCUT2D eigenvalue weighted by molar-refractivity contribution is 0.0526. The van der Waals surface area contributed by atoms with Gasteiger partial charge in [0.2, 0.25) is 0 Å². The van der Waals surface area contributed by atoms with Crippen molar-refractivity contribution in [3.8, 4) is 0 Å². The van der Waals surface area contributed by atoms with Crippen LogP contribution in [0.1, 0.15) is 34.6 Å². The lowest BCUT2D eigenvalue weighted by atomic mass is 10.0. The highest BCUT2D eigenvalue weighted by atomic mass is 19.1. The summed E-state index contributed by atoms with van der Waals surface area (Å²) in [7, 11) is 3.37. The van der Waals surface area contributed by atoms with E-state index >= 15 is 0 Å². The van der Waals surface area contributed by atoms with E-state index in [9.17, 15) is 14.0 Å². The summed E-state index contributed by atoms with van der Waals surface area (Å²) in [4.78, 5) is 24.9. The summed E-state index contributed by atoms with van der Waals surface area (Å²) in [6.45, 7) is 3.19. The number of esters is 1. The number of ketones is 1. The first-order valence-electron chi connectivity index (χ1n) is 5.57. The summed E-state index contributed by atoms with van der Waals surface area (Å²) >= 11 is 0. The van der Waals surface area contributed by atoms with Gasteiger partial charge in [-0.1, -0.05) is 0 Å². The third kappa shape index (κ3) is 2.85. The van der Waals surface area contributed by atoms with Crippen molar-refractivity contribution in [1.29, 1.82) is 0 Å². The van der Waals surface area contributed by atoms with Gasteiger partial charge in [0.25, 0.3) is 0 Å². The highest BCUT2D eigenvalue weighted by molar-refractivity contribution is 6.06. The van der Waals surface area contributed by atoms with E-state index in [-0.39, 0.29) is 23.5 Å². The van der Waals surface area contributed by atoms with Crippen LogP contribution in [0.2, 0.25) is 0 Å². The summed E-state index contributed by atoms with van der Waals surface area (Å²) < 4.78 is 18.3. The third-order valence-corrected chi connectivity index (χ3v) is 2.40. The number of hydrogen-bond acceptors (Lipinski definition) is 4. The molecule has 0 saturated heterocycles. The number of carbonyl (C=O) groups excluding carboxylic acids is 2. The summed E-state index contributed by atoms with van der Waals surface area (Å²) in [5.74, 6) is -1.57. The van der Waals surface area contributed by atoms with Gasteiger partial charge in [-0.2, -0.15) is 0 Å². The zero-order chi connectivity index (χ0) is 13.9. The monoisotopic (exact) mass is 253 g/mol. The van der Waals surface area contributed by atoms with Crippen LogP contribution in [-0.2, 0) is 4.74 Å². The number of anilines is 1. The molecule has 18 heavy (non-hydrogen) atoms. The second-order valence-corrected chi connectivity index (χ2v) is 4.02. The molecule has 0 bridgehead atoms. The van der Waals surface area contributed by atoms with Crippen molar-refractivity contribution in [2.75, 3.05) is 25.6 Å². The second-order valence-electron chi connectivity index (χ2n) is 4.02. The molecule has 0 amide bonds. The van der Waals surface area contributed by atoms with Crippen molar-refractivity contribution in [3.05, 3.63) is 29.1 Å². The molecule has 0 saturated carbocycles. The minimum atomic E-state index is -0.636. The van der Waals surface area contributed by atoms with Crippen LogP contribution < -0.4 is 4.90 Å². The van der Waals surface area contributed by atoms with Crippen molar-refractivity contribution in [1.82, 2.24) is 0 Å². The minimum absolute atomic E-state index is 0.0621. The maximum absolute atomic E-state index is 13.5. The standard InChI is InChI=1S/C13H16FNO3/c1-5-18-13(17)11-7-9(14)6-10(8(2)16)12(11)15(3)4/h6-7H,5H2,1-4H3. The van der Waals surface area contributed by atoms with E-state index in [1.807, 2.05) is 0 Å². The van der Waals surface area contributed by atoms with Gasteiger partial charge in [-0.25, -0.2) is 9.18 Å². The molecule has 4 nitrogen and oxygen atoms in total. The fourth-order valence-corrected chi connectivity index (χ4v) is 1.71. The summed E-state index contributed by atoms with van der Waals surface area (Å²) in [6.07, 6.45) is 0. The number of halogens is 1. The van der Waals surface area contributed by atoms with Gasteiger partial charge in [-0.05, 0) is 26.0 Å². The minimum Gasteiger partial charge on any atom is -0.462 e. The van der Waals surface area contributed by atoms with Gasteiger partial charge in [-0.3, -0.25) is 4.79 Å². The molecular weight excluding hydrogens is 237 g/mol. The number of carbonyl (C=O) groups is 2. The summed E-state index contributed by atoms with van der Waals surface area (Å²) in [6, 6.07) is 2.21. The average Bonchev–Trinajstić information content (AvgIpc) is 2.27. The Hall–Kier alpha value is -1.91. The molecule has 1 rings (SSSR count). The van der Waals surface area contributed by atoms with Gasteiger partial charge in [0.05, 0.1) is 17.9 Å². The fourth-order valence-electron chi connectivity index (χ4n) is 1.71. The van der Waals surface area contributed by atoms with Crippen molar-refractivity contribution in [3.63, 3.8) is 0 Å². The molecule has 0 N–H and O–H groups in total. The van der Waals surface area contributed by atoms with E-state index in [2.05, 4.69) is 0 Å². The Labute approximate surface area is 105 Å². The van der Waals surface area contributed by atoms with E-state index in [1.54, 1.807) is 25.9 Å². The maximum atomic E-state index is 13.5. The fraction of sp³-hybridized carbons (Fsp3) is 0.385. The Morgan fingerprint density at radius 1 is 1.28 bits per heavy atom. The van der Waals surface area contributed by atoms with Crippen molar-refractivity contribution >= 4 is 17.4 Å². The van der Waals surface area contributed by atoms with Crippen molar-refractivity contribution in [2.45, 2.75) is 13.8 Å². The van der Waals surface area contributed by atoms with Crippen LogP contribution in [0.5, 0.6) is 0 Å². The molecule has 5 heteroatoms. The van der Waals surface area contributed by atoms with Crippen LogP contribution >= 0.6 is 0 Å². The topological polar surface area (TPSA) is 46.6 Å². The predicted molar refractivity (Wildman–Crippen MR) is 66.7 cm³/mol. The maximum Gasteiger partial charge on any atom is 0.340 e. The van der Waals surface area contributed by atoms with Crippen LogP contribution in [-0.4, -0.2) is 32.5 Å². The van der Waals surface area contributed by atoms with Gasteiger partial charge in [0.1, 0.15) is 5.82 Å². The molecule has 0 aliphatic carbocycles. The number of ether oxygens (including phenoxy) is 1. The average molecular weight is 253 g/mol. The van der Waals surface area contributed by atoms with Crippen LogP contribution in [0.25, 0.3) is 0 Å². The van der Waals surface area contributed by atoms with E-state index in [4.69, 9.17) is 4.74 Å². The largest absolute Gasteiger partial charge is 0.462 e. The van der Waals surface area contributed by atoms with E-state index in [0.717, 1.165) is 12.1 Å². The normalized spacial score (nSPS) is 10.1. The van der Waals surface area contributed by atoms with Gasteiger partial charge in [0.15, 0.2) is 5.78 Å². The molecule has 0 spiro atoms. The first kappa shape index (κ1) is 14.2. The molecule has 0 atom stereocenters. The van der Waals surface area contributed by atoms with Crippen LogP contribution in [0.4, 0.5) is 10.1 Å². The first-order chi connectivity index (χ1) is 8.38. The molecule has 98 valence electrons. The number of rotatable bonds is 4. The zero-order valence-corrected chi connectivity index (χ0v) is 10.9. The second kappa shape index (κ2) is 5.62.